The van der Waals surface area contributed by atoms with Gasteiger partial charge in [-0.05, 0) is 74.6 Å². The zero-order valence-electron chi connectivity index (χ0n) is 20.8. The predicted molar refractivity (Wildman–Crippen MR) is 140 cm³/mol. The van der Waals surface area contributed by atoms with Crippen molar-refractivity contribution < 1.29 is 18.0 Å². The van der Waals surface area contributed by atoms with Crippen molar-refractivity contribution in [2.24, 2.45) is 0 Å². The van der Waals surface area contributed by atoms with E-state index in [-0.39, 0.29) is 18.5 Å². The number of hydrogen-bond acceptors (Lipinski definition) is 4. The zero-order valence-corrected chi connectivity index (χ0v) is 22.3. The van der Waals surface area contributed by atoms with Crippen LogP contribution in [0.4, 0.5) is 5.69 Å². The topological polar surface area (TPSA) is 86.8 Å². The second-order valence-corrected chi connectivity index (χ2v) is 11.8. The van der Waals surface area contributed by atoms with Crippen LogP contribution in [-0.4, -0.2) is 50.0 Å². The van der Waals surface area contributed by atoms with Gasteiger partial charge in [0.15, 0.2) is 0 Å². The van der Waals surface area contributed by atoms with Gasteiger partial charge in [0.2, 0.25) is 21.8 Å². The Labute approximate surface area is 213 Å². The quantitative estimate of drug-likeness (QED) is 0.538. The number of hydrogen-bond donors (Lipinski definition) is 1. The molecule has 0 aliphatic heterocycles. The lowest BCUT2D eigenvalue weighted by Gasteiger charge is -2.32. The van der Waals surface area contributed by atoms with E-state index in [0.29, 0.717) is 10.7 Å². The molecule has 1 atom stereocenters. The number of nitrogens with one attached hydrogen (secondary N) is 1. The normalized spacial score (nSPS) is 15.0. The first-order chi connectivity index (χ1) is 16.4. The van der Waals surface area contributed by atoms with E-state index in [9.17, 15) is 18.0 Å². The minimum Gasteiger partial charge on any atom is -0.352 e. The number of rotatable bonds is 9. The summed E-state index contributed by atoms with van der Waals surface area (Å²) in [6.07, 6.45) is 5.09. The van der Waals surface area contributed by atoms with Gasteiger partial charge in [-0.25, -0.2) is 8.42 Å². The highest BCUT2D eigenvalue weighted by Crippen LogP contribution is 2.23. The summed E-state index contributed by atoms with van der Waals surface area (Å²) in [4.78, 5) is 28.1. The smallest absolute Gasteiger partial charge is 0.244 e. The summed E-state index contributed by atoms with van der Waals surface area (Å²) in [5, 5.41) is 3.62. The fourth-order valence-corrected chi connectivity index (χ4v) is 5.43. The molecular formula is C26H34ClN3O4S. The van der Waals surface area contributed by atoms with Crippen LogP contribution in [0.25, 0.3) is 0 Å². The van der Waals surface area contributed by atoms with Gasteiger partial charge in [0.25, 0.3) is 0 Å². The van der Waals surface area contributed by atoms with Gasteiger partial charge in [-0.15, -0.1) is 0 Å². The lowest BCUT2D eigenvalue weighted by atomic mass is 10.1. The van der Waals surface area contributed by atoms with Crippen molar-refractivity contribution in [2.75, 3.05) is 17.1 Å². The van der Waals surface area contributed by atoms with Crippen molar-refractivity contribution in [1.29, 1.82) is 0 Å². The molecule has 7 nitrogen and oxygen atoms in total. The number of carbonyl (C=O) groups is 2. The van der Waals surface area contributed by atoms with Crippen molar-refractivity contribution in [3.63, 3.8) is 0 Å². The predicted octanol–water partition coefficient (Wildman–Crippen LogP) is 4.20. The molecule has 0 saturated heterocycles. The number of nitrogens with zero attached hydrogens (tertiary/aromatic N) is 2. The number of amides is 2. The standard InChI is InChI=1S/C26H34ClN3O4S/c1-18-13-19(2)15-24(14-18)30(35(4,33)34)17-25(31)29(16-21-9-11-22(27)12-10-21)20(3)26(32)28-23-7-5-6-8-23/h9-15,20,23H,5-8,16-17H2,1-4H3,(H,28,32)/t20-/m1/s1. The first-order valence-corrected chi connectivity index (χ1v) is 14.1. The molecule has 0 aromatic heterocycles. The Balaban J connectivity index is 1.89. The molecule has 1 aliphatic rings. The van der Waals surface area contributed by atoms with Crippen LogP contribution >= 0.6 is 11.6 Å². The van der Waals surface area contributed by atoms with E-state index < -0.39 is 28.5 Å². The zero-order chi connectivity index (χ0) is 25.8. The molecule has 0 unspecified atom stereocenters. The van der Waals surface area contributed by atoms with Crippen molar-refractivity contribution in [1.82, 2.24) is 10.2 Å². The molecule has 0 radical (unpaired) electrons. The Morgan fingerprint density at radius 1 is 1.06 bits per heavy atom. The van der Waals surface area contributed by atoms with Gasteiger partial charge in [-0.1, -0.05) is 42.6 Å². The highest BCUT2D eigenvalue weighted by atomic mass is 35.5. The monoisotopic (exact) mass is 519 g/mol. The lowest BCUT2D eigenvalue weighted by Crippen LogP contribution is -2.52. The van der Waals surface area contributed by atoms with Gasteiger partial charge in [0, 0.05) is 17.6 Å². The number of benzene rings is 2. The van der Waals surface area contributed by atoms with Crippen molar-refractivity contribution in [2.45, 2.75) is 65.1 Å². The van der Waals surface area contributed by atoms with E-state index in [1.807, 2.05) is 19.9 Å². The maximum absolute atomic E-state index is 13.6. The lowest BCUT2D eigenvalue weighted by molar-refractivity contribution is -0.139. The van der Waals surface area contributed by atoms with Gasteiger partial charge in [-0.3, -0.25) is 13.9 Å². The van der Waals surface area contributed by atoms with Crippen LogP contribution in [0.2, 0.25) is 5.02 Å². The van der Waals surface area contributed by atoms with Crippen LogP contribution in [0, 0.1) is 13.8 Å². The number of carbonyl (C=O) groups excluding carboxylic acids is 2. The third-order valence-electron chi connectivity index (χ3n) is 6.31. The van der Waals surface area contributed by atoms with Gasteiger partial charge in [-0.2, -0.15) is 0 Å². The van der Waals surface area contributed by atoms with E-state index in [4.69, 9.17) is 11.6 Å². The molecule has 2 amide bonds. The van der Waals surface area contributed by atoms with E-state index in [1.54, 1.807) is 43.3 Å². The Kier molecular flexibility index (Phi) is 8.83. The molecule has 1 N–H and O–H groups in total. The average molecular weight is 520 g/mol. The maximum atomic E-state index is 13.6. The molecule has 9 heteroatoms. The first kappa shape index (κ1) is 27.0. The highest BCUT2D eigenvalue weighted by molar-refractivity contribution is 7.92. The maximum Gasteiger partial charge on any atom is 0.244 e. The molecule has 0 heterocycles. The number of anilines is 1. The molecular weight excluding hydrogens is 486 g/mol. The van der Waals surface area contributed by atoms with Gasteiger partial charge < -0.3 is 10.2 Å². The summed E-state index contributed by atoms with van der Waals surface area (Å²) in [6.45, 7) is 5.18. The molecule has 3 rings (SSSR count). The van der Waals surface area contributed by atoms with Crippen molar-refractivity contribution in [3.05, 3.63) is 64.2 Å². The summed E-state index contributed by atoms with van der Waals surface area (Å²) < 4.78 is 26.5. The summed E-state index contributed by atoms with van der Waals surface area (Å²) >= 11 is 6.01. The van der Waals surface area contributed by atoms with Crippen LogP contribution in [0.5, 0.6) is 0 Å². The molecule has 1 saturated carbocycles. The van der Waals surface area contributed by atoms with E-state index in [2.05, 4.69) is 5.32 Å². The third-order valence-corrected chi connectivity index (χ3v) is 7.70. The number of aryl methyl sites for hydroxylation is 2. The second-order valence-electron chi connectivity index (χ2n) is 9.43. The number of halogens is 1. The molecule has 2 aromatic rings. The molecule has 1 fully saturated rings. The summed E-state index contributed by atoms with van der Waals surface area (Å²) in [7, 11) is -3.76. The van der Waals surface area contributed by atoms with Crippen molar-refractivity contribution >= 4 is 39.1 Å². The minimum absolute atomic E-state index is 0.111. The Bertz CT molecular complexity index is 1140. The largest absolute Gasteiger partial charge is 0.352 e. The SMILES string of the molecule is Cc1cc(C)cc(N(CC(=O)N(Cc2ccc(Cl)cc2)[C@H](C)C(=O)NC2CCCC2)S(C)(=O)=O)c1. The molecule has 0 spiro atoms. The van der Waals surface area contributed by atoms with E-state index >= 15 is 0 Å². The summed E-state index contributed by atoms with van der Waals surface area (Å²) in [5.74, 6) is -0.699. The summed E-state index contributed by atoms with van der Waals surface area (Å²) in [6, 6.07) is 11.8. The third kappa shape index (κ3) is 7.45. The van der Waals surface area contributed by atoms with Gasteiger partial charge in [0.05, 0.1) is 11.9 Å². The van der Waals surface area contributed by atoms with Crippen molar-refractivity contribution in [3.8, 4) is 0 Å². The molecule has 35 heavy (non-hydrogen) atoms. The Hall–Kier alpha value is -2.58. The molecule has 0 bridgehead atoms. The first-order valence-electron chi connectivity index (χ1n) is 11.8. The van der Waals surface area contributed by atoms with Crippen LogP contribution in [0.15, 0.2) is 42.5 Å². The molecule has 2 aromatic carbocycles. The Morgan fingerprint density at radius 3 is 2.17 bits per heavy atom. The van der Waals surface area contributed by atoms with Gasteiger partial charge in [0.1, 0.15) is 12.6 Å². The highest BCUT2D eigenvalue weighted by Gasteiger charge is 2.31. The number of sulfonamides is 1. The molecule has 190 valence electrons. The van der Waals surface area contributed by atoms with Crippen LogP contribution < -0.4 is 9.62 Å². The minimum atomic E-state index is -3.76. The average Bonchev–Trinajstić information content (AvgIpc) is 3.28. The van der Waals surface area contributed by atoms with E-state index in [0.717, 1.165) is 52.9 Å². The fraction of sp³-hybridized carbons (Fsp3) is 0.462. The Morgan fingerprint density at radius 2 is 1.63 bits per heavy atom. The molecule has 1 aliphatic carbocycles. The fourth-order valence-electron chi connectivity index (χ4n) is 4.47. The van der Waals surface area contributed by atoms with Crippen LogP contribution in [-0.2, 0) is 26.2 Å². The van der Waals surface area contributed by atoms with Crippen LogP contribution in [0.1, 0.15) is 49.3 Å². The summed E-state index contributed by atoms with van der Waals surface area (Å²) in [5.41, 5.74) is 3.00. The van der Waals surface area contributed by atoms with Crippen LogP contribution in [0.3, 0.4) is 0 Å². The second kappa shape index (κ2) is 11.4. The van der Waals surface area contributed by atoms with E-state index in [1.165, 1.54) is 4.90 Å². The van der Waals surface area contributed by atoms with Gasteiger partial charge >= 0.3 is 0 Å².